The van der Waals surface area contributed by atoms with Crippen LogP contribution in [0.1, 0.15) is 30.3 Å². The number of rotatable bonds is 5. The number of aliphatic hydroxyl groups is 1. The Morgan fingerprint density at radius 3 is 2.67 bits per heavy atom. The van der Waals surface area contributed by atoms with Gasteiger partial charge in [0.15, 0.2) is 0 Å². The Bertz CT molecular complexity index is 853. The number of carbonyl (C=O) groups is 1. The van der Waals surface area contributed by atoms with E-state index in [0.717, 1.165) is 22.6 Å². The van der Waals surface area contributed by atoms with Crippen LogP contribution in [-0.2, 0) is 16.9 Å². The van der Waals surface area contributed by atoms with Crippen LogP contribution in [0.25, 0.3) is 5.65 Å². The highest BCUT2D eigenvalue weighted by Crippen LogP contribution is 2.23. The van der Waals surface area contributed by atoms with Gasteiger partial charge in [0.05, 0.1) is 24.3 Å². The highest BCUT2D eigenvalue weighted by atomic mass is 16.3. The molecule has 2 N–H and O–H groups in total. The smallest absolute Gasteiger partial charge is 0.223 e. The minimum absolute atomic E-state index is 0.00339. The highest BCUT2D eigenvalue weighted by Gasteiger charge is 2.26. The molecule has 0 bridgehead atoms. The molecule has 1 atom stereocenters. The average Bonchev–Trinajstić information content (AvgIpc) is 2.98. The van der Waals surface area contributed by atoms with Crippen molar-refractivity contribution >= 4 is 11.6 Å². The van der Waals surface area contributed by atoms with E-state index in [9.17, 15) is 9.90 Å². The Balaban J connectivity index is 1.63. The molecule has 0 saturated heterocycles. The number of fused-ring (bicyclic) bond motifs is 1. The van der Waals surface area contributed by atoms with Crippen LogP contribution >= 0.6 is 0 Å². The molecule has 0 aliphatic rings. The summed E-state index contributed by atoms with van der Waals surface area (Å²) in [6.07, 6.45) is 1.92. The van der Waals surface area contributed by atoms with Crippen molar-refractivity contribution in [3.05, 3.63) is 71.7 Å². The first-order chi connectivity index (χ1) is 11.5. The predicted molar refractivity (Wildman–Crippen MR) is 92.4 cm³/mol. The lowest BCUT2D eigenvalue weighted by molar-refractivity contribution is -0.126. The summed E-state index contributed by atoms with van der Waals surface area (Å²) in [5, 5.41) is 13.4. The summed E-state index contributed by atoms with van der Waals surface area (Å²) in [5.41, 5.74) is 2.27. The number of amides is 1. The molecule has 0 spiro atoms. The van der Waals surface area contributed by atoms with E-state index >= 15 is 0 Å². The summed E-state index contributed by atoms with van der Waals surface area (Å²) in [5.74, 6) is -0.211. The summed E-state index contributed by atoms with van der Waals surface area (Å²) in [7, 11) is 0. The molecule has 1 amide bonds. The maximum atomic E-state index is 12.2. The zero-order valence-electron chi connectivity index (χ0n) is 13.9. The largest absolute Gasteiger partial charge is 0.385 e. The van der Waals surface area contributed by atoms with E-state index in [1.165, 1.54) is 0 Å². The predicted octanol–water partition coefficient (Wildman–Crippen LogP) is 2.56. The van der Waals surface area contributed by atoms with Crippen molar-refractivity contribution in [2.45, 2.75) is 32.4 Å². The number of aromatic nitrogens is 2. The Morgan fingerprint density at radius 2 is 1.96 bits per heavy atom. The van der Waals surface area contributed by atoms with E-state index in [2.05, 4.69) is 10.3 Å². The first kappa shape index (κ1) is 16.2. The molecule has 24 heavy (non-hydrogen) atoms. The lowest BCUT2D eigenvalue weighted by atomic mass is 9.92. The summed E-state index contributed by atoms with van der Waals surface area (Å²) >= 11 is 0. The molecule has 3 rings (SSSR count). The van der Waals surface area contributed by atoms with Crippen LogP contribution in [0.3, 0.4) is 0 Å². The van der Waals surface area contributed by atoms with Gasteiger partial charge in [-0.1, -0.05) is 36.4 Å². The van der Waals surface area contributed by atoms with Crippen LogP contribution in [0.15, 0.2) is 54.7 Å². The number of aryl methyl sites for hydroxylation is 1. The molecule has 5 nitrogen and oxygen atoms in total. The van der Waals surface area contributed by atoms with Crippen molar-refractivity contribution in [2.75, 3.05) is 0 Å². The molecule has 5 heteroatoms. The van der Waals surface area contributed by atoms with Crippen molar-refractivity contribution in [1.82, 2.24) is 14.7 Å². The zero-order valence-corrected chi connectivity index (χ0v) is 13.9. The lowest BCUT2D eigenvalue weighted by Gasteiger charge is -2.23. The van der Waals surface area contributed by atoms with E-state index in [1.54, 1.807) is 6.92 Å². The number of hydrogen-bond donors (Lipinski definition) is 2. The lowest BCUT2D eigenvalue weighted by Crippen LogP contribution is -2.32. The summed E-state index contributed by atoms with van der Waals surface area (Å²) in [6, 6.07) is 15.1. The van der Waals surface area contributed by atoms with Crippen molar-refractivity contribution in [3.63, 3.8) is 0 Å². The molecule has 0 aliphatic carbocycles. The molecular weight excluding hydrogens is 302 g/mol. The van der Waals surface area contributed by atoms with Crippen LogP contribution in [-0.4, -0.2) is 20.4 Å². The molecule has 124 valence electrons. The highest BCUT2D eigenvalue weighted by molar-refractivity contribution is 5.77. The summed E-state index contributed by atoms with van der Waals surface area (Å²) < 4.78 is 1.99. The topological polar surface area (TPSA) is 66.6 Å². The van der Waals surface area contributed by atoms with E-state index in [-0.39, 0.29) is 12.3 Å². The van der Waals surface area contributed by atoms with Crippen molar-refractivity contribution < 1.29 is 9.90 Å². The Kier molecular flexibility index (Phi) is 4.36. The fourth-order valence-corrected chi connectivity index (χ4v) is 2.75. The Morgan fingerprint density at radius 1 is 1.21 bits per heavy atom. The standard InChI is InChI=1S/C19H21N3O2/c1-14-7-6-10-17-21-16(13-22(14)17)12-20-18(23)11-19(2,24)15-8-4-3-5-9-15/h3-10,13,24H,11-12H2,1-2H3,(H,20,23). The van der Waals surface area contributed by atoms with Crippen LogP contribution in [0.2, 0.25) is 0 Å². The van der Waals surface area contributed by atoms with Crippen molar-refractivity contribution in [2.24, 2.45) is 0 Å². The summed E-state index contributed by atoms with van der Waals surface area (Å²) in [4.78, 5) is 16.7. The maximum Gasteiger partial charge on any atom is 0.223 e. The fourth-order valence-electron chi connectivity index (χ4n) is 2.75. The van der Waals surface area contributed by atoms with Crippen LogP contribution in [0, 0.1) is 6.92 Å². The fraction of sp³-hybridized carbons (Fsp3) is 0.263. The van der Waals surface area contributed by atoms with Crippen molar-refractivity contribution in [1.29, 1.82) is 0 Å². The summed E-state index contributed by atoms with van der Waals surface area (Å²) in [6.45, 7) is 4.00. The number of hydrogen-bond acceptors (Lipinski definition) is 3. The molecule has 0 fully saturated rings. The van der Waals surface area contributed by atoms with E-state index in [4.69, 9.17) is 0 Å². The molecule has 0 saturated carbocycles. The van der Waals surface area contributed by atoms with Gasteiger partial charge in [-0.3, -0.25) is 4.79 Å². The zero-order chi connectivity index (χ0) is 17.2. The Labute approximate surface area is 141 Å². The second-order valence-corrected chi connectivity index (χ2v) is 6.22. The number of imidazole rings is 1. The van der Waals surface area contributed by atoms with Gasteiger partial charge in [-0.2, -0.15) is 0 Å². The second kappa shape index (κ2) is 6.45. The van der Waals surface area contributed by atoms with Gasteiger partial charge < -0.3 is 14.8 Å². The van der Waals surface area contributed by atoms with Crippen LogP contribution < -0.4 is 5.32 Å². The van der Waals surface area contributed by atoms with Gasteiger partial charge >= 0.3 is 0 Å². The van der Waals surface area contributed by atoms with E-state index in [0.29, 0.717) is 6.54 Å². The quantitative estimate of drug-likeness (QED) is 0.758. The molecule has 0 aliphatic heterocycles. The second-order valence-electron chi connectivity index (χ2n) is 6.22. The van der Waals surface area contributed by atoms with Gasteiger partial charge in [-0.05, 0) is 31.5 Å². The van der Waals surface area contributed by atoms with Crippen LogP contribution in [0.5, 0.6) is 0 Å². The van der Waals surface area contributed by atoms with Crippen molar-refractivity contribution in [3.8, 4) is 0 Å². The monoisotopic (exact) mass is 323 g/mol. The van der Waals surface area contributed by atoms with Gasteiger partial charge in [0.2, 0.25) is 5.91 Å². The molecule has 0 radical (unpaired) electrons. The first-order valence-electron chi connectivity index (χ1n) is 7.94. The average molecular weight is 323 g/mol. The third kappa shape index (κ3) is 3.46. The van der Waals surface area contributed by atoms with Gasteiger partial charge in [-0.25, -0.2) is 4.98 Å². The maximum absolute atomic E-state index is 12.2. The normalized spacial score (nSPS) is 13.6. The van der Waals surface area contributed by atoms with Gasteiger partial charge in [0.1, 0.15) is 5.65 Å². The molecule has 2 aromatic heterocycles. The molecule has 1 aromatic carbocycles. The number of nitrogens with zero attached hydrogens (tertiary/aromatic N) is 2. The van der Waals surface area contributed by atoms with Gasteiger partial charge in [-0.15, -0.1) is 0 Å². The molecule has 1 unspecified atom stereocenters. The number of pyridine rings is 1. The minimum atomic E-state index is -1.19. The number of carbonyl (C=O) groups excluding carboxylic acids is 1. The van der Waals surface area contributed by atoms with Gasteiger partial charge in [0, 0.05) is 11.9 Å². The number of benzene rings is 1. The van der Waals surface area contributed by atoms with E-state index < -0.39 is 5.60 Å². The third-order valence-electron chi connectivity index (χ3n) is 4.11. The molecule has 2 heterocycles. The Hall–Kier alpha value is -2.66. The van der Waals surface area contributed by atoms with Gasteiger partial charge in [0.25, 0.3) is 0 Å². The first-order valence-corrected chi connectivity index (χ1v) is 7.94. The SMILES string of the molecule is Cc1cccc2nc(CNC(=O)CC(C)(O)c3ccccc3)cn12. The van der Waals surface area contributed by atoms with Crippen LogP contribution in [0.4, 0.5) is 0 Å². The molecule has 3 aromatic rings. The number of nitrogens with one attached hydrogen (secondary N) is 1. The molecular formula is C19H21N3O2. The minimum Gasteiger partial charge on any atom is -0.385 e. The third-order valence-corrected chi connectivity index (χ3v) is 4.11. The van der Waals surface area contributed by atoms with E-state index in [1.807, 2.05) is 66.1 Å².